The monoisotopic (exact) mass is 456 g/mol. The van der Waals surface area contributed by atoms with Crippen LogP contribution in [0.3, 0.4) is 0 Å². The number of halogens is 4. The molecule has 0 radical (unpaired) electrons. The van der Waals surface area contributed by atoms with Crippen molar-refractivity contribution in [3.05, 3.63) is 95.8 Å². The van der Waals surface area contributed by atoms with Crippen molar-refractivity contribution in [2.75, 3.05) is 9.96 Å². The molecule has 0 spiro atoms. The van der Waals surface area contributed by atoms with Gasteiger partial charge in [0.15, 0.2) is 6.10 Å². The van der Waals surface area contributed by atoms with Gasteiger partial charge in [0.25, 0.3) is 5.91 Å². The van der Waals surface area contributed by atoms with Crippen molar-refractivity contribution in [3.8, 4) is 0 Å². The number of alkyl halides is 3. The summed E-state index contributed by atoms with van der Waals surface area (Å²) >= 11 is 0. The Morgan fingerprint density at radius 1 is 0.788 bits per heavy atom. The van der Waals surface area contributed by atoms with Crippen LogP contribution in [0.2, 0.25) is 0 Å². The van der Waals surface area contributed by atoms with Crippen LogP contribution >= 0.6 is 0 Å². The molecule has 0 aliphatic carbocycles. The summed E-state index contributed by atoms with van der Waals surface area (Å²) in [5, 5.41) is 1.33. The normalized spacial score (nSPS) is 22.7. The van der Waals surface area contributed by atoms with E-state index in [1.807, 2.05) is 0 Å². The Bertz CT molecular complexity index is 1230. The minimum atomic E-state index is -4.64. The van der Waals surface area contributed by atoms with E-state index in [2.05, 4.69) is 0 Å². The lowest BCUT2D eigenvalue weighted by Crippen LogP contribution is -2.37. The van der Waals surface area contributed by atoms with Crippen molar-refractivity contribution in [3.63, 3.8) is 0 Å². The first-order valence-electron chi connectivity index (χ1n) is 10.1. The number of fused-ring (bicyclic) bond motifs is 1. The van der Waals surface area contributed by atoms with Crippen molar-refractivity contribution >= 4 is 23.2 Å². The highest BCUT2D eigenvalue weighted by atomic mass is 19.4. The molecule has 0 bridgehead atoms. The van der Waals surface area contributed by atoms with Crippen molar-refractivity contribution in [1.82, 2.24) is 0 Å². The number of amides is 2. The van der Waals surface area contributed by atoms with E-state index < -0.39 is 47.4 Å². The predicted molar refractivity (Wildman–Crippen MR) is 110 cm³/mol. The van der Waals surface area contributed by atoms with E-state index in [1.165, 1.54) is 29.3 Å². The van der Waals surface area contributed by atoms with Crippen LogP contribution in [-0.4, -0.2) is 17.9 Å². The fourth-order valence-corrected chi connectivity index (χ4v) is 4.32. The second-order valence-electron chi connectivity index (χ2n) is 7.74. The maximum Gasteiger partial charge on any atom is 0.416 e. The van der Waals surface area contributed by atoms with Gasteiger partial charge in [0.2, 0.25) is 5.91 Å². The van der Waals surface area contributed by atoms with E-state index in [9.17, 15) is 27.2 Å². The molecule has 2 heterocycles. The zero-order chi connectivity index (χ0) is 23.3. The van der Waals surface area contributed by atoms with Gasteiger partial charge >= 0.3 is 6.18 Å². The summed E-state index contributed by atoms with van der Waals surface area (Å²) < 4.78 is 54.4. The van der Waals surface area contributed by atoms with Crippen LogP contribution < -0.4 is 9.96 Å². The first-order valence-corrected chi connectivity index (χ1v) is 10.1. The quantitative estimate of drug-likeness (QED) is 0.416. The number of imide groups is 1. The summed E-state index contributed by atoms with van der Waals surface area (Å²) in [5.74, 6) is -3.30. The average molecular weight is 456 g/mol. The summed E-state index contributed by atoms with van der Waals surface area (Å²) in [5.41, 5.74) is -0.557. The third-order valence-electron chi connectivity index (χ3n) is 5.78. The molecule has 0 N–H and O–H groups in total. The minimum absolute atomic E-state index is 0.140. The number of hydrogen-bond acceptors (Lipinski definition) is 4. The first-order chi connectivity index (χ1) is 15.8. The molecule has 3 atom stereocenters. The van der Waals surface area contributed by atoms with Gasteiger partial charge in [-0.05, 0) is 36.4 Å². The zero-order valence-electron chi connectivity index (χ0n) is 16.9. The van der Waals surface area contributed by atoms with Crippen LogP contribution in [-0.2, 0) is 20.6 Å². The summed E-state index contributed by atoms with van der Waals surface area (Å²) in [6.45, 7) is 0. The van der Waals surface area contributed by atoms with E-state index in [4.69, 9.17) is 4.84 Å². The molecule has 0 saturated carbocycles. The lowest BCUT2D eigenvalue weighted by atomic mass is 9.90. The molecule has 33 heavy (non-hydrogen) atoms. The van der Waals surface area contributed by atoms with E-state index in [0.717, 1.165) is 18.2 Å². The average Bonchev–Trinajstić information content (AvgIpc) is 3.30. The molecule has 3 aromatic carbocycles. The van der Waals surface area contributed by atoms with Gasteiger partial charge < -0.3 is 0 Å². The second-order valence-corrected chi connectivity index (χ2v) is 7.74. The van der Waals surface area contributed by atoms with Crippen molar-refractivity contribution in [2.24, 2.45) is 5.92 Å². The van der Waals surface area contributed by atoms with Crippen LogP contribution in [0.25, 0.3) is 0 Å². The maximum absolute atomic E-state index is 14.8. The van der Waals surface area contributed by atoms with E-state index in [1.54, 1.807) is 36.4 Å². The Morgan fingerprint density at radius 2 is 1.45 bits per heavy atom. The van der Waals surface area contributed by atoms with Crippen LogP contribution in [0.15, 0.2) is 78.9 Å². The summed E-state index contributed by atoms with van der Waals surface area (Å²) in [4.78, 5) is 33.2. The van der Waals surface area contributed by atoms with Crippen molar-refractivity contribution < 1.29 is 32.0 Å². The van der Waals surface area contributed by atoms with Crippen LogP contribution in [0.5, 0.6) is 0 Å². The molecule has 9 heteroatoms. The van der Waals surface area contributed by atoms with Gasteiger partial charge in [-0.25, -0.2) is 14.4 Å². The summed E-state index contributed by atoms with van der Waals surface area (Å²) in [6.07, 6.45) is -5.95. The van der Waals surface area contributed by atoms with Crippen LogP contribution in [0, 0.1) is 11.7 Å². The summed E-state index contributed by atoms with van der Waals surface area (Å²) in [6, 6.07) is 17.4. The molecular weight excluding hydrogens is 440 g/mol. The number of nitrogens with zero attached hydrogens (tertiary/aromatic N) is 2. The molecule has 2 aliphatic heterocycles. The van der Waals surface area contributed by atoms with Gasteiger partial charge in [-0.1, -0.05) is 42.5 Å². The molecule has 0 aromatic heterocycles. The van der Waals surface area contributed by atoms with Gasteiger partial charge in [0, 0.05) is 5.56 Å². The molecule has 5 rings (SSSR count). The number of rotatable bonds is 3. The summed E-state index contributed by atoms with van der Waals surface area (Å²) in [7, 11) is 0. The lowest BCUT2D eigenvalue weighted by molar-refractivity contribution is -0.137. The van der Waals surface area contributed by atoms with Gasteiger partial charge in [0.05, 0.1) is 23.0 Å². The Morgan fingerprint density at radius 3 is 2.15 bits per heavy atom. The SMILES string of the molecule is O=C1[C@H]2[C@H](ON(c3ccccc3)[C@@H]2c2ccccc2F)C(=O)N1c1cccc(C(F)(F)F)c1. The largest absolute Gasteiger partial charge is 0.416 e. The van der Waals surface area contributed by atoms with E-state index >= 15 is 0 Å². The maximum atomic E-state index is 14.8. The van der Waals surface area contributed by atoms with E-state index in [0.29, 0.717) is 10.6 Å². The fraction of sp³-hybridized carbons (Fsp3) is 0.167. The van der Waals surface area contributed by atoms with Gasteiger partial charge in [-0.3, -0.25) is 14.4 Å². The smallest absolute Gasteiger partial charge is 0.273 e. The standard InChI is InChI=1S/C24H16F4N2O3/c25-18-12-5-4-11-17(18)20-19-21(33-30(20)15-8-2-1-3-9-15)23(32)29(22(19)31)16-10-6-7-14(13-16)24(26,27)28/h1-13,19-21H/t19-,20-,21+/m1/s1. The number of benzene rings is 3. The Kier molecular flexibility index (Phi) is 4.93. The number of hydroxylamine groups is 1. The molecule has 3 aromatic rings. The number of carbonyl (C=O) groups is 2. The van der Waals surface area contributed by atoms with Gasteiger partial charge in [-0.15, -0.1) is 0 Å². The predicted octanol–water partition coefficient (Wildman–Crippen LogP) is 4.90. The van der Waals surface area contributed by atoms with Crippen LogP contribution in [0.1, 0.15) is 17.2 Å². The Labute approximate surface area is 185 Å². The Hall–Kier alpha value is -3.72. The Balaban J connectivity index is 1.59. The first kappa shape index (κ1) is 21.1. The van der Waals surface area contributed by atoms with Crippen LogP contribution in [0.4, 0.5) is 28.9 Å². The molecule has 2 saturated heterocycles. The highest BCUT2D eigenvalue weighted by Gasteiger charge is 2.60. The molecule has 5 nitrogen and oxygen atoms in total. The van der Waals surface area contributed by atoms with Crippen molar-refractivity contribution in [1.29, 1.82) is 0 Å². The molecular formula is C24H16F4N2O3. The fourth-order valence-electron chi connectivity index (χ4n) is 4.32. The highest BCUT2D eigenvalue weighted by molar-refractivity contribution is 6.24. The lowest BCUT2D eigenvalue weighted by Gasteiger charge is -2.29. The van der Waals surface area contributed by atoms with E-state index in [-0.39, 0.29) is 11.3 Å². The third kappa shape index (κ3) is 3.45. The topological polar surface area (TPSA) is 49.9 Å². The number of carbonyl (C=O) groups excluding carboxylic acids is 2. The number of para-hydroxylation sites is 1. The molecule has 0 unspecified atom stereocenters. The second kappa shape index (κ2) is 7.70. The third-order valence-corrected chi connectivity index (χ3v) is 5.78. The minimum Gasteiger partial charge on any atom is -0.273 e. The highest BCUT2D eigenvalue weighted by Crippen LogP contribution is 2.48. The van der Waals surface area contributed by atoms with Gasteiger partial charge in [0.1, 0.15) is 11.7 Å². The van der Waals surface area contributed by atoms with Gasteiger partial charge in [-0.2, -0.15) is 13.2 Å². The van der Waals surface area contributed by atoms with Crippen molar-refractivity contribution in [2.45, 2.75) is 18.3 Å². The molecule has 168 valence electrons. The molecule has 2 aliphatic rings. The number of hydrogen-bond donors (Lipinski definition) is 0. The molecule has 2 fully saturated rings. The molecule has 2 amide bonds. The zero-order valence-corrected chi connectivity index (χ0v) is 16.9. The number of anilines is 2.